The third-order valence-corrected chi connectivity index (χ3v) is 3.92. The summed E-state index contributed by atoms with van der Waals surface area (Å²) in [7, 11) is 0. The highest BCUT2D eigenvalue weighted by Crippen LogP contribution is 2.31. The Kier molecular flexibility index (Phi) is 4.87. The molecule has 0 aromatic carbocycles. The Balaban J connectivity index is 3.00. The molecule has 0 radical (unpaired) electrons. The van der Waals surface area contributed by atoms with E-state index in [-0.39, 0.29) is 0 Å². The molecule has 0 spiro atoms. The normalized spacial score (nSPS) is 12.1. The molecular weight excluding hydrogens is 226 g/mol. The van der Waals surface area contributed by atoms with E-state index in [0.29, 0.717) is 10.6 Å². The summed E-state index contributed by atoms with van der Waals surface area (Å²) in [5.41, 5.74) is 0.698. The predicted molar refractivity (Wildman–Crippen MR) is 67.0 cm³/mol. The number of aryl methyl sites for hydroxylation is 1. The van der Waals surface area contributed by atoms with Crippen LogP contribution in [0.15, 0.2) is 17.7 Å². The summed E-state index contributed by atoms with van der Waals surface area (Å²) in [5.74, 6) is 0. The third kappa shape index (κ3) is 3.09. The van der Waals surface area contributed by atoms with Crippen LogP contribution >= 0.6 is 22.9 Å². The molecule has 1 heterocycles. The molecule has 0 fully saturated rings. The van der Waals surface area contributed by atoms with Gasteiger partial charge in [0.2, 0.25) is 0 Å². The molecule has 0 N–H and O–H groups in total. The first-order valence-corrected chi connectivity index (χ1v) is 6.30. The Bertz CT molecular complexity index is 398. The van der Waals surface area contributed by atoms with Crippen molar-refractivity contribution in [2.24, 2.45) is 0 Å². The van der Waals surface area contributed by atoms with Crippen molar-refractivity contribution in [2.45, 2.75) is 33.1 Å². The Morgan fingerprint density at radius 2 is 2.20 bits per heavy atom. The molecule has 0 atom stereocenters. The van der Waals surface area contributed by atoms with Gasteiger partial charge in [-0.05, 0) is 25.0 Å². The van der Waals surface area contributed by atoms with E-state index in [4.69, 9.17) is 16.9 Å². The van der Waals surface area contributed by atoms with Gasteiger partial charge in [-0.15, -0.1) is 11.3 Å². The van der Waals surface area contributed by atoms with Crippen molar-refractivity contribution in [2.75, 3.05) is 0 Å². The maximum atomic E-state index is 8.97. The highest BCUT2D eigenvalue weighted by Gasteiger charge is 2.08. The number of hydrogen-bond donors (Lipinski definition) is 0. The molecular formula is C12H14ClNS. The summed E-state index contributed by atoms with van der Waals surface area (Å²) in [6, 6.07) is 6.25. The standard InChI is InChI=1S/C12H14ClNS/c1-3-5-9(8-14)12(13)11-7-6-10(4-2)15-11/h6-7H,3-5H2,1-2H3. The summed E-state index contributed by atoms with van der Waals surface area (Å²) >= 11 is 7.86. The number of thiophene rings is 1. The van der Waals surface area contributed by atoms with Gasteiger partial charge >= 0.3 is 0 Å². The third-order valence-electron chi connectivity index (χ3n) is 2.13. The van der Waals surface area contributed by atoms with E-state index in [1.54, 1.807) is 11.3 Å². The molecule has 0 unspecified atom stereocenters. The molecule has 0 saturated carbocycles. The van der Waals surface area contributed by atoms with Gasteiger partial charge < -0.3 is 0 Å². The second-order valence-electron chi connectivity index (χ2n) is 3.27. The van der Waals surface area contributed by atoms with Crippen molar-refractivity contribution in [1.29, 1.82) is 5.26 Å². The number of allylic oxidation sites excluding steroid dienone is 1. The van der Waals surface area contributed by atoms with Gasteiger partial charge in [0.25, 0.3) is 0 Å². The summed E-state index contributed by atoms with van der Waals surface area (Å²) in [4.78, 5) is 2.32. The molecule has 3 heteroatoms. The van der Waals surface area contributed by atoms with Crippen LogP contribution in [0.3, 0.4) is 0 Å². The van der Waals surface area contributed by atoms with Crippen molar-refractivity contribution in [3.05, 3.63) is 27.5 Å². The van der Waals surface area contributed by atoms with Crippen LogP contribution in [0, 0.1) is 11.3 Å². The van der Waals surface area contributed by atoms with Gasteiger partial charge in [-0.2, -0.15) is 5.26 Å². The zero-order valence-corrected chi connectivity index (χ0v) is 10.6. The van der Waals surface area contributed by atoms with Crippen LogP contribution in [0.1, 0.15) is 36.4 Å². The maximum Gasteiger partial charge on any atom is 0.0963 e. The molecule has 80 valence electrons. The van der Waals surface area contributed by atoms with Gasteiger partial charge in [-0.1, -0.05) is 31.9 Å². The Labute approximate surface area is 100.0 Å². The van der Waals surface area contributed by atoms with Gasteiger partial charge in [0, 0.05) is 15.3 Å². The summed E-state index contributed by atoms with van der Waals surface area (Å²) in [6.07, 6.45) is 2.73. The first-order valence-electron chi connectivity index (χ1n) is 5.10. The van der Waals surface area contributed by atoms with Crippen molar-refractivity contribution < 1.29 is 0 Å². The van der Waals surface area contributed by atoms with Crippen LogP contribution < -0.4 is 0 Å². The van der Waals surface area contributed by atoms with E-state index >= 15 is 0 Å². The van der Waals surface area contributed by atoms with Gasteiger partial charge in [-0.25, -0.2) is 0 Å². The minimum absolute atomic E-state index is 0.629. The fraction of sp³-hybridized carbons (Fsp3) is 0.417. The molecule has 0 aliphatic carbocycles. The lowest BCUT2D eigenvalue weighted by Gasteiger charge is -1.99. The second kappa shape index (κ2) is 5.95. The van der Waals surface area contributed by atoms with Gasteiger partial charge in [0.15, 0.2) is 0 Å². The zero-order chi connectivity index (χ0) is 11.3. The van der Waals surface area contributed by atoms with Gasteiger partial charge in [0.05, 0.1) is 11.1 Å². The van der Waals surface area contributed by atoms with Crippen molar-refractivity contribution >= 4 is 28.0 Å². The predicted octanol–water partition coefficient (Wildman–Crippen LogP) is 4.58. The minimum Gasteiger partial charge on any atom is -0.193 e. The monoisotopic (exact) mass is 239 g/mol. The van der Waals surface area contributed by atoms with E-state index in [0.717, 1.165) is 24.1 Å². The van der Waals surface area contributed by atoms with Crippen molar-refractivity contribution in [3.63, 3.8) is 0 Å². The quantitative estimate of drug-likeness (QED) is 0.706. The highest BCUT2D eigenvalue weighted by atomic mass is 35.5. The smallest absolute Gasteiger partial charge is 0.0963 e. The van der Waals surface area contributed by atoms with E-state index in [2.05, 4.69) is 19.1 Å². The first kappa shape index (κ1) is 12.3. The van der Waals surface area contributed by atoms with E-state index < -0.39 is 0 Å². The van der Waals surface area contributed by atoms with Crippen LogP contribution in [-0.4, -0.2) is 0 Å². The molecule has 0 amide bonds. The molecule has 0 bridgehead atoms. The van der Waals surface area contributed by atoms with Crippen molar-refractivity contribution in [3.8, 4) is 6.07 Å². The zero-order valence-electron chi connectivity index (χ0n) is 9.01. The Hall–Kier alpha value is -0.780. The fourth-order valence-electron chi connectivity index (χ4n) is 1.30. The van der Waals surface area contributed by atoms with Gasteiger partial charge in [-0.3, -0.25) is 0 Å². The molecule has 1 rings (SSSR count). The van der Waals surface area contributed by atoms with E-state index in [1.807, 2.05) is 13.0 Å². The SMILES string of the molecule is CCCC(C#N)=C(Cl)c1ccc(CC)s1. The number of hydrogen-bond acceptors (Lipinski definition) is 2. The second-order valence-corrected chi connectivity index (χ2v) is 4.82. The molecule has 1 aromatic heterocycles. The van der Waals surface area contributed by atoms with Crippen LogP contribution in [0.4, 0.5) is 0 Å². The number of rotatable bonds is 4. The average molecular weight is 240 g/mol. The maximum absolute atomic E-state index is 8.97. The fourth-order valence-corrected chi connectivity index (χ4v) is 2.53. The number of nitrogens with zero attached hydrogens (tertiary/aromatic N) is 1. The average Bonchev–Trinajstić information content (AvgIpc) is 2.73. The Morgan fingerprint density at radius 1 is 1.47 bits per heavy atom. The van der Waals surface area contributed by atoms with Crippen molar-refractivity contribution in [1.82, 2.24) is 0 Å². The van der Waals surface area contributed by atoms with Gasteiger partial charge in [0.1, 0.15) is 0 Å². The summed E-state index contributed by atoms with van der Waals surface area (Å²) in [5, 5.41) is 9.59. The van der Waals surface area contributed by atoms with E-state index in [9.17, 15) is 0 Å². The minimum atomic E-state index is 0.629. The largest absolute Gasteiger partial charge is 0.193 e. The van der Waals surface area contributed by atoms with Crippen LogP contribution in [0.5, 0.6) is 0 Å². The lowest BCUT2D eigenvalue weighted by molar-refractivity contribution is 0.933. The van der Waals surface area contributed by atoms with E-state index in [1.165, 1.54) is 4.88 Å². The molecule has 1 nitrogen and oxygen atoms in total. The molecule has 0 aliphatic heterocycles. The molecule has 15 heavy (non-hydrogen) atoms. The number of nitriles is 1. The van der Waals surface area contributed by atoms with Crippen LogP contribution in [0.25, 0.3) is 5.03 Å². The lowest BCUT2D eigenvalue weighted by Crippen LogP contribution is -1.81. The van der Waals surface area contributed by atoms with Crippen LogP contribution in [0.2, 0.25) is 0 Å². The number of halogens is 1. The molecule has 1 aromatic rings. The summed E-state index contributed by atoms with van der Waals surface area (Å²) < 4.78 is 0. The lowest BCUT2D eigenvalue weighted by atomic mass is 10.1. The molecule has 0 saturated heterocycles. The summed E-state index contributed by atoms with van der Waals surface area (Å²) in [6.45, 7) is 4.16. The van der Waals surface area contributed by atoms with Crippen LogP contribution in [-0.2, 0) is 6.42 Å². The Morgan fingerprint density at radius 3 is 2.67 bits per heavy atom. The highest BCUT2D eigenvalue weighted by molar-refractivity contribution is 7.13. The molecule has 0 aliphatic rings. The topological polar surface area (TPSA) is 23.8 Å². The first-order chi connectivity index (χ1) is 7.22.